The largest absolute Gasteiger partial charge is 0.352 e. The minimum atomic E-state index is -0.160. The third-order valence-electron chi connectivity index (χ3n) is 5.53. The number of carbonyl (C=O) groups excluding carboxylic acids is 1. The lowest BCUT2D eigenvalue weighted by atomic mass is 9.99. The molecule has 2 N–H and O–H groups in total. The van der Waals surface area contributed by atoms with Gasteiger partial charge >= 0.3 is 0 Å². The summed E-state index contributed by atoms with van der Waals surface area (Å²) in [5, 5.41) is 3.90. The van der Waals surface area contributed by atoms with Crippen LogP contribution in [0.1, 0.15) is 41.5 Å². The maximum Gasteiger partial charge on any atom is 0.252 e. The van der Waals surface area contributed by atoms with Crippen molar-refractivity contribution >= 4 is 32.7 Å². The predicted molar refractivity (Wildman–Crippen MR) is 131 cm³/mol. The van der Waals surface area contributed by atoms with Crippen LogP contribution >= 0.6 is 15.9 Å². The second-order valence-electron chi connectivity index (χ2n) is 8.12. The quantitative estimate of drug-likeness (QED) is 0.396. The molecule has 0 bridgehead atoms. The molecular weight excluding hydrogens is 468 g/mol. The van der Waals surface area contributed by atoms with Crippen LogP contribution in [0.3, 0.4) is 0 Å². The fourth-order valence-electron chi connectivity index (χ4n) is 4.02. The highest BCUT2D eigenvalue weighted by Crippen LogP contribution is 2.28. The zero-order valence-corrected chi connectivity index (χ0v) is 19.9. The van der Waals surface area contributed by atoms with Gasteiger partial charge in [-0.15, -0.1) is 0 Å². The number of H-pyrrole nitrogens is 1. The van der Waals surface area contributed by atoms with E-state index in [1.807, 2.05) is 49.5 Å². The van der Waals surface area contributed by atoms with E-state index in [9.17, 15) is 9.59 Å². The third kappa shape index (κ3) is 4.39. The van der Waals surface area contributed by atoms with E-state index in [1.165, 1.54) is 0 Å². The lowest BCUT2D eigenvalue weighted by Gasteiger charge is -2.13. The number of nitrogens with zero attached hydrogens (tertiary/aromatic N) is 2. The van der Waals surface area contributed by atoms with Crippen LogP contribution in [0, 0.1) is 6.92 Å². The third-order valence-corrected chi connectivity index (χ3v) is 5.98. The summed E-state index contributed by atoms with van der Waals surface area (Å²) in [6.07, 6.45) is 5.84. The van der Waals surface area contributed by atoms with Gasteiger partial charge in [-0.25, -0.2) is 0 Å². The molecule has 0 atom stereocenters. The lowest BCUT2D eigenvalue weighted by molar-refractivity contribution is 0.0955. The van der Waals surface area contributed by atoms with Gasteiger partial charge in [0, 0.05) is 57.9 Å². The van der Waals surface area contributed by atoms with Gasteiger partial charge in [-0.05, 0) is 74.7 Å². The minimum Gasteiger partial charge on any atom is -0.352 e. The zero-order chi connectivity index (χ0) is 22.8. The highest BCUT2D eigenvalue weighted by molar-refractivity contribution is 9.10. The van der Waals surface area contributed by atoms with Crippen molar-refractivity contribution in [3.8, 4) is 11.1 Å². The topological polar surface area (TPSA) is 79.8 Å². The summed E-state index contributed by atoms with van der Waals surface area (Å²) >= 11 is 3.53. The van der Waals surface area contributed by atoms with E-state index in [2.05, 4.69) is 49.6 Å². The summed E-state index contributed by atoms with van der Waals surface area (Å²) in [6, 6.07) is 11.9. The standard InChI is InChI=1S/C25H25BrN4O2/c1-15(2)30-11-7-19-22(13-18(26)14-23(19)30)24(31)28-10-6-20-21(12-16(3)29-25(20)32)17-4-8-27-9-5-17/h4-5,7-9,11-15H,6,10H2,1-3H3,(H,28,31)(H,29,32). The van der Waals surface area contributed by atoms with Crippen LogP contribution in [0.2, 0.25) is 0 Å². The minimum absolute atomic E-state index is 0.134. The Balaban J connectivity index is 1.58. The molecule has 0 fully saturated rings. The first kappa shape index (κ1) is 22.0. The Morgan fingerprint density at radius 2 is 1.94 bits per heavy atom. The van der Waals surface area contributed by atoms with Crippen molar-refractivity contribution in [2.75, 3.05) is 6.54 Å². The molecule has 0 aliphatic rings. The number of fused-ring (bicyclic) bond motifs is 1. The normalized spacial score (nSPS) is 11.3. The summed E-state index contributed by atoms with van der Waals surface area (Å²) in [5.41, 5.74) is 4.72. The first-order valence-corrected chi connectivity index (χ1v) is 11.4. The smallest absolute Gasteiger partial charge is 0.252 e. The molecule has 0 unspecified atom stereocenters. The molecule has 7 heteroatoms. The molecule has 0 saturated heterocycles. The summed E-state index contributed by atoms with van der Waals surface area (Å²) in [4.78, 5) is 32.6. The summed E-state index contributed by atoms with van der Waals surface area (Å²) < 4.78 is 3.00. The number of halogens is 1. The molecule has 164 valence electrons. The fraction of sp³-hybridized carbons (Fsp3) is 0.240. The van der Waals surface area contributed by atoms with Gasteiger partial charge in [0.05, 0.1) is 5.52 Å². The number of rotatable bonds is 6. The van der Waals surface area contributed by atoms with Gasteiger partial charge in [-0.3, -0.25) is 14.6 Å². The lowest BCUT2D eigenvalue weighted by Crippen LogP contribution is -2.28. The molecule has 0 aliphatic heterocycles. The Bertz CT molecular complexity index is 1340. The second kappa shape index (κ2) is 9.12. The number of benzene rings is 1. The van der Waals surface area contributed by atoms with Crippen LogP contribution in [-0.2, 0) is 6.42 Å². The van der Waals surface area contributed by atoms with Crippen LogP contribution in [-0.4, -0.2) is 27.0 Å². The number of aromatic amines is 1. The number of aryl methyl sites for hydroxylation is 1. The van der Waals surface area contributed by atoms with Crippen LogP contribution in [0.25, 0.3) is 22.0 Å². The van der Waals surface area contributed by atoms with Gasteiger partial charge in [-0.1, -0.05) is 15.9 Å². The molecule has 4 aromatic rings. The van der Waals surface area contributed by atoms with Crippen LogP contribution < -0.4 is 10.9 Å². The van der Waals surface area contributed by atoms with Crippen molar-refractivity contribution in [2.24, 2.45) is 0 Å². The highest BCUT2D eigenvalue weighted by atomic mass is 79.9. The number of hydrogen-bond acceptors (Lipinski definition) is 3. The fourth-order valence-corrected chi connectivity index (χ4v) is 4.46. The summed E-state index contributed by atoms with van der Waals surface area (Å²) in [7, 11) is 0. The maximum atomic E-state index is 13.0. The molecule has 1 aromatic carbocycles. The van der Waals surface area contributed by atoms with Gasteiger partial charge in [0.2, 0.25) is 0 Å². The molecule has 32 heavy (non-hydrogen) atoms. The number of hydrogen-bond donors (Lipinski definition) is 2. The number of nitrogens with one attached hydrogen (secondary N) is 2. The van der Waals surface area contributed by atoms with Gasteiger partial charge in [0.25, 0.3) is 11.5 Å². The molecule has 4 rings (SSSR count). The Kier molecular flexibility index (Phi) is 6.28. The first-order valence-electron chi connectivity index (χ1n) is 10.6. The molecule has 0 spiro atoms. The average molecular weight is 493 g/mol. The van der Waals surface area contributed by atoms with Crippen molar-refractivity contribution < 1.29 is 4.79 Å². The number of aromatic nitrogens is 3. The monoisotopic (exact) mass is 492 g/mol. The average Bonchev–Trinajstić information content (AvgIpc) is 3.18. The van der Waals surface area contributed by atoms with Gasteiger partial charge in [0.15, 0.2) is 0 Å². The number of carbonyl (C=O) groups is 1. The van der Waals surface area contributed by atoms with Gasteiger partial charge < -0.3 is 14.9 Å². The maximum absolute atomic E-state index is 13.0. The number of amides is 1. The molecular formula is C25H25BrN4O2. The molecule has 0 radical (unpaired) electrons. The van der Waals surface area contributed by atoms with Crippen LogP contribution in [0.5, 0.6) is 0 Å². The SMILES string of the molecule is Cc1cc(-c2ccncc2)c(CCNC(=O)c2cc(Br)cc3c2ccn3C(C)C)c(=O)[nH]1. The highest BCUT2D eigenvalue weighted by Gasteiger charge is 2.16. The van der Waals surface area contributed by atoms with E-state index in [0.29, 0.717) is 24.1 Å². The number of pyridine rings is 2. The molecule has 0 saturated carbocycles. The molecule has 6 nitrogen and oxygen atoms in total. The van der Waals surface area contributed by atoms with Crippen LogP contribution in [0.4, 0.5) is 0 Å². The molecule has 1 amide bonds. The van der Waals surface area contributed by atoms with E-state index < -0.39 is 0 Å². The predicted octanol–water partition coefficient (Wildman–Crippen LogP) is 5.02. The van der Waals surface area contributed by atoms with Crippen molar-refractivity contribution in [3.63, 3.8) is 0 Å². The summed E-state index contributed by atoms with van der Waals surface area (Å²) in [6.45, 7) is 6.43. The van der Waals surface area contributed by atoms with Crippen LogP contribution in [0.15, 0.2) is 64.3 Å². The molecule has 3 heterocycles. The van der Waals surface area contributed by atoms with Crippen molar-refractivity contribution in [1.82, 2.24) is 19.9 Å². The Morgan fingerprint density at radius 3 is 2.66 bits per heavy atom. The van der Waals surface area contributed by atoms with Crippen molar-refractivity contribution in [2.45, 2.75) is 33.2 Å². The Labute approximate surface area is 194 Å². The van der Waals surface area contributed by atoms with E-state index in [0.717, 1.165) is 32.2 Å². The Hall–Kier alpha value is -3.19. The Morgan fingerprint density at radius 1 is 1.19 bits per heavy atom. The second-order valence-corrected chi connectivity index (χ2v) is 9.03. The molecule has 3 aromatic heterocycles. The van der Waals surface area contributed by atoms with Crippen molar-refractivity contribution in [1.29, 1.82) is 0 Å². The molecule has 0 aliphatic carbocycles. The van der Waals surface area contributed by atoms with E-state index >= 15 is 0 Å². The van der Waals surface area contributed by atoms with Crippen molar-refractivity contribution in [3.05, 3.63) is 86.6 Å². The zero-order valence-electron chi connectivity index (χ0n) is 18.3. The summed E-state index contributed by atoms with van der Waals surface area (Å²) in [5.74, 6) is -0.160. The van der Waals surface area contributed by atoms with Gasteiger partial charge in [-0.2, -0.15) is 0 Å². The first-order chi connectivity index (χ1) is 15.3. The van der Waals surface area contributed by atoms with E-state index in [4.69, 9.17) is 0 Å². The van der Waals surface area contributed by atoms with Gasteiger partial charge in [0.1, 0.15) is 0 Å². The van der Waals surface area contributed by atoms with E-state index in [-0.39, 0.29) is 17.5 Å². The van der Waals surface area contributed by atoms with E-state index in [1.54, 1.807) is 12.4 Å².